The Hall–Kier alpha value is -3.09. The largest absolute Gasteiger partial charge is 0.427 e. The zero-order valence-corrected chi connectivity index (χ0v) is 22.1. The van der Waals surface area contributed by atoms with E-state index in [-0.39, 0.29) is 22.1 Å². The van der Waals surface area contributed by atoms with E-state index in [9.17, 15) is 13.6 Å². The lowest BCUT2D eigenvalue weighted by Crippen LogP contribution is -2.68. The molecule has 0 aliphatic carbocycles. The van der Waals surface area contributed by atoms with Crippen molar-refractivity contribution >= 4 is 17.4 Å². The van der Waals surface area contributed by atoms with Crippen molar-refractivity contribution in [3.05, 3.63) is 110 Å². The molecule has 6 heteroatoms. The normalized spacial score (nSPS) is 27.2. The summed E-state index contributed by atoms with van der Waals surface area (Å²) in [4.78, 5) is 13.1. The molecule has 0 bridgehead atoms. The molecular weight excluding hydrogens is 480 g/mol. The molecule has 0 aromatic heterocycles. The maximum atomic E-state index is 13.7. The molecule has 1 N–H and O–H groups in total. The van der Waals surface area contributed by atoms with Gasteiger partial charge in [0.05, 0.1) is 32.5 Å². The summed E-state index contributed by atoms with van der Waals surface area (Å²) < 4.78 is 27.5. The van der Waals surface area contributed by atoms with E-state index in [1.54, 1.807) is 24.3 Å². The fraction of sp³-hybridized carbons (Fsp3) is 0.344. The van der Waals surface area contributed by atoms with Crippen LogP contribution >= 0.6 is 0 Å². The number of quaternary nitrogens is 2. The molecular formula is C32H35F2N3O+2. The van der Waals surface area contributed by atoms with Crippen LogP contribution in [0.5, 0.6) is 0 Å². The van der Waals surface area contributed by atoms with Crippen molar-refractivity contribution in [2.45, 2.75) is 50.5 Å². The summed E-state index contributed by atoms with van der Waals surface area (Å²) in [5.74, 6) is -0.569. The summed E-state index contributed by atoms with van der Waals surface area (Å²) in [6.07, 6.45) is 3.00. The molecule has 4 nitrogen and oxygen atoms in total. The highest BCUT2D eigenvalue weighted by atomic mass is 19.1. The second-order valence-corrected chi connectivity index (χ2v) is 11.5. The number of rotatable bonds is 7. The lowest BCUT2D eigenvalue weighted by molar-refractivity contribution is -0.892. The molecule has 2 amide bonds. The minimum absolute atomic E-state index is 0.208. The summed E-state index contributed by atoms with van der Waals surface area (Å²) in [6, 6.07) is 20.5. The second kappa shape index (κ2) is 9.58. The van der Waals surface area contributed by atoms with Gasteiger partial charge in [0.25, 0.3) is 0 Å². The number of carbonyl (C=O) groups excluding carboxylic acids is 1. The number of para-hydroxylation sites is 2. The molecule has 3 aromatic carbocycles. The van der Waals surface area contributed by atoms with Crippen LogP contribution < -0.4 is 9.80 Å². The average Bonchev–Trinajstić information content (AvgIpc) is 3.18. The van der Waals surface area contributed by atoms with Gasteiger partial charge in [-0.1, -0.05) is 43.3 Å². The summed E-state index contributed by atoms with van der Waals surface area (Å²) >= 11 is 0. The molecule has 3 aromatic rings. The van der Waals surface area contributed by atoms with Crippen LogP contribution in [-0.4, -0.2) is 35.7 Å². The number of urea groups is 1. The molecule has 5 rings (SSSR count). The van der Waals surface area contributed by atoms with Crippen LogP contribution in [0.2, 0.25) is 0 Å². The van der Waals surface area contributed by atoms with Gasteiger partial charge in [-0.2, -0.15) is 4.48 Å². The van der Waals surface area contributed by atoms with E-state index in [1.807, 2.05) is 24.3 Å². The first-order valence-electron chi connectivity index (χ1n) is 13.2. The van der Waals surface area contributed by atoms with Crippen LogP contribution in [0.15, 0.2) is 72.8 Å². The number of nitrogens with one attached hydrogen (secondary N) is 1. The van der Waals surface area contributed by atoms with Crippen LogP contribution in [0, 0.1) is 25.7 Å². The molecule has 1 unspecified atom stereocenters. The van der Waals surface area contributed by atoms with E-state index in [2.05, 4.69) is 19.2 Å². The molecule has 196 valence electrons. The van der Waals surface area contributed by atoms with Crippen LogP contribution in [0.4, 0.5) is 25.0 Å². The molecule has 2 aliphatic heterocycles. The first-order valence-corrected chi connectivity index (χ1v) is 13.2. The number of amides is 2. The highest BCUT2D eigenvalue weighted by molar-refractivity contribution is 6.08. The molecule has 0 saturated carbocycles. The molecule has 1 fully saturated rings. The molecule has 1 saturated heterocycles. The topological polar surface area (TPSA) is 29.1 Å². The predicted octanol–water partition coefficient (Wildman–Crippen LogP) is 7.31. The number of benzene rings is 3. The Balaban J connectivity index is 1.30. The van der Waals surface area contributed by atoms with E-state index in [0.29, 0.717) is 30.4 Å². The van der Waals surface area contributed by atoms with Gasteiger partial charge in [0, 0.05) is 11.5 Å². The fourth-order valence-corrected chi connectivity index (χ4v) is 6.31. The molecule has 2 heterocycles. The first kappa shape index (κ1) is 26.5. The van der Waals surface area contributed by atoms with Crippen molar-refractivity contribution in [2.75, 3.05) is 25.0 Å². The maximum absolute atomic E-state index is 13.7. The monoisotopic (exact) mass is 515 g/mol. The summed E-state index contributed by atoms with van der Waals surface area (Å²) in [5.41, 5.74) is 2.62. The number of fused-ring (bicyclic) bond motifs is 1. The van der Waals surface area contributed by atoms with Crippen LogP contribution in [0.25, 0.3) is 0 Å². The van der Waals surface area contributed by atoms with Gasteiger partial charge in [0.2, 0.25) is 14.1 Å². The number of carbonyl (C=O) groups is 1. The van der Waals surface area contributed by atoms with Gasteiger partial charge in [-0.3, -0.25) is 5.32 Å². The number of piperidine rings is 1. The zero-order chi connectivity index (χ0) is 27.2. The summed E-state index contributed by atoms with van der Waals surface area (Å²) in [7, 11) is 13.7. The van der Waals surface area contributed by atoms with Crippen molar-refractivity contribution in [3.63, 3.8) is 0 Å². The minimum atomic E-state index is -0.478. The Morgan fingerprint density at radius 3 is 1.97 bits per heavy atom. The van der Waals surface area contributed by atoms with E-state index < -0.39 is 11.0 Å². The quantitative estimate of drug-likeness (QED) is 0.329. The lowest BCUT2D eigenvalue weighted by atomic mass is 9.73. The number of halogens is 2. The molecule has 2 aliphatic rings. The van der Waals surface area contributed by atoms with E-state index in [0.717, 1.165) is 41.9 Å². The Morgan fingerprint density at radius 2 is 1.42 bits per heavy atom. The number of hydrogen-bond acceptors (Lipinski definition) is 1. The Bertz CT molecular complexity index is 1270. The first-order chi connectivity index (χ1) is 18.0. The van der Waals surface area contributed by atoms with E-state index in [4.69, 9.17) is 14.1 Å². The smallest absolute Gasteiger partial charge is 0.310 e. The van der Waals surface area contributed by atoms with Gasteiger partial charge in [0.15, 0.2) is 5.69 Å². The molecule has 0 spiro atoms. The number of nitrogens with zero attached hydrogens (tertiary/aromatic N) is 2. The third-order valence-electron chi connectivity index (χ3n) is 9.13. The van der Waals surface area contributed by atoms with Gasteiger partial charge in [-0.15, -0.1) is 0 Å². The summed E-state index contributed by atoms with van der Waals surface area (Å²) in [6.45, 7) is 6.35. The molecule has 1 atom stereocenters. The fourth-order valence-electron chi connectivity index (χ4n) is 6.31. The van der Waals surface area contributed by atoms with Crippen molar-refractivity contribution in [1.82, 2.24) is 4.48 Å². The number of hydrogen-bond donors (Lipinski definition) is 1. The Labute approximate surface area is 225 Å². The third kappa shape index (κ3) is 4.44. The summed E-state index contributed by atoms with van der Waals surface area (Å²) in [5, 5.41) is 2.95. The van der Waals surface area contributed by atoms with Crippen molar-refractivity contribution in [3.8, 4) is 0 Å². The predicted molar refractivity (Wildman–Crippen MR) is 147 cm³/mol. The van der Waals surface area contributed by atoms with Crippen LogP contribution in [0.1, 0.15) is 50.7 Å². The SMILES string of the molecule is [CH][N+]1(CCCC(C)(c2ccc(F)cc2)c2ccc(F)cc2)CCC(C)([N+]2([CH])C(=O)Nc3ccccc32)CC1. The van der Waals surface area contributed by atoms with Crippen molar-refractivity contribution < 1.29 is 18.1 Å². The molecule has 38 heavy (non-hydrogen) atoms. The lowest BCUT2D eigenvalue weighted by Gasteiger charge is -2.49. The van der Waals surface area contributed by atoms with Gasteiger partial charge in [-0.05, 0) is 61.2 Å². The minimum Gasteiger partial charge on any atom is -0.310 e. The Morgan fingerprint density at radius 1 is 0.895 bits per heavy atom. The number of likely N-dealkylation sites (tertiary alicyclic amines) is 1. The standard InChI is InChI=1S/C32H35F2N3O/c1-31(37(4)29-9-6-5-8-28(29)35-30(37)38)19-22-36(3,23-20-31)21-7-18-32(2,24-10-14-26(33)15-11-24)25-12-16-27(34)17-13-25/h3-6,8-17H,7,18-23H2,1-2H3,(H,35,38)/q+2. The second-order valence-electron chi connectivity index (χ2n) is 11.5. The number of anilines is 1. The Kier molecular flexibility index (Phi) is 6.69. The van der Waals surface area contributed by atoms with Crippen LogP contribution in [-0.2, 0) is 5.41 Å². The maximum Gasteiger partial charge on any atom is 0.427 e. The third-order valence-corrected chi connectivity index (χ3v) is 9.13. The van der Waals surface area contributed by atoms with Crippen LogP contribution in [0.3, 0.4) is 0 Å². The van der Waals surface area contributed by atoms with E-state index >= 15 is 0 Å². The molecule has 4 radical (unpaired) electrons. The van der Waals surface area contributed by atoms with Gasteiger partial charge < -0.3 is 4.48 Å². The van der Waals surface area contributed by atoms with Gasteiger partial charge in [-0.25, -0.2) is 13.6 Å². The van der Waals surface area contributed by atoms with Crippen molar-refractivity contribution in [2.24, 2.45) is 0 Å². The van der Waals surface area contributed by atoms with E-state index in [1.165, 1.54) is 24.3 Å². The van der Waals surface area contributed by atoms with Gasteiger partial charge in [0.1, 0.15) is 22.9 Å². The highest BCUT2D eigenvalue weighted by Crippen LogP contribution is 2.48. The zero-order valence-electron chi connectivity index (χ0n) is 22.1. The average molecular weight is 516 g/mol. The van der Waals surface area contributed by atoms with Gasteiger partial charge >= 0.3 is 6.03 Å². The highest BCUT2D eigenvalue weighted by Gasteiger charge is 2.59. The van der Waals surface area contributed by atoms with Crippen molar-refractivity contribution in [1.29, 1.82) is 0 Å².